The number of hydrogen-bond donors (Lipinski definition) is 1. The van der Waals surface area contributed by atoms with Gasteiger partial charge in [-0.15, -0.1) is 0 Å². The van der Waals surface area contributed by atoms with Gasteiger partial charge in [-0.3, -0.25) is 9.78 Å². The molecule has 19 heavy (non-hydrogen) atoms. The van der Waals surface area contributed by atoms with Gasteiger partial charge in [0.05, 0.1) is 6.20 Å². The maximum atomic E-state index is 13.3. The molecule has 1 aromatic carbocycles. The van der Waals surface area contributed by atoms with Crippen LogP contribution in [0.15, 0.2) is 30.6 Å². The second-order valence-electron chi connectivity index (χ2n) is 4.66. The number of nitrogens with zero attached hydrogens (tertiary/aromatic N) is 1. The number of benzene rings is 1. The summed E-state index contributed by atoms with van der Waals surface area (Å²) in [5.41, 5.74) is 4.47. The fraction of sp³-hybridized carbons (Fsp3) is 0.200. The van der Waals surface area contributed by atoms with Crippen LogP contribution in [0.2, 0.25) is 0 Å². The minimum Gasteiger partial charge on any atom is -0.352 e. The summed E-state index contributed by atoms with van der Waals surface area (Å²) < 4.78 is 13.3. The standard InChI is InChI=1S/C15H13FN2O/c1-9-12(10-6-11(16)8-17-7-10)2-3-14-13(9)4-5-18-15(14)19/h2-3,6-8H,4-5H2,1H3,(H,18,19). The summed E-state index contributed by atoms with van der Waals surface area (Å²) in [5.74, 6) is -0.388. The first kappa shape index (κ1) is 11.8. The minimum absolute atomic E-state index is 0.0340. The van der Waals surface area contributed by atoms with E-state index in [1.165, 1.54) is 12.3 Å². The van der Waals surface area contributed by atoms with Gasteiger partial charge in [0, 0.05) is 23.9 Å². The zero-order valence-electron chi connectivity index (χ0n) is 10.5. The highest BCUT2D eigenvalue weighted by Crippen LogP contribution is 2.29. The first-order valence-electron chi connectivity index (χ1n) is 6.18. The van der Waals surface area contributed by atoms with E-state index in [1.807, 2.05) is 13.0 Å². The first-order valence-corrected chi connectivity index (χ1v) is 6.18. The molecule has 3 nitrogen and oxygen atoms in total. The van der Waals surface area contributed by atoms with Crippen LogP contribution < -0.4 is 5.32 Å². The molecule has 2 aromatic rings. The minimum atomic E-state index is -0.354. The highest BCUT2D eigenvalue weighted by atomic mass is 19.1. The Kier molecular flexibility index (Phi) is 2.78. The largest absolute Gasteiger partial charge is 0.352 e. The number of amides is 1. The number of nitrogens with one attached hydrogen (secondary N) is 1. The molecule has 3 rings (SSSR count). The van der Waals surface area contributed by atoms with Crippen LogP contribution in [0.3, 0.4) is 0 Å². The quantitative estimate of drug-likeness (QED) is 0.851. The van der Waals surface area contributed by atoms with E-state index in [-0.39, 0.29) is 11.7 Å². The van der Waals surface area contributed by atoms with Gasteiger partial charge >= 0.3 is 0 Å². The summed E-state index contributed by atoms with van der Waals surface area (Å²) in [4.78, 5) is 15.6. The highest BCUT2D eigenvalue weighted by Gasteiger charge is 2.20. The lowest BCUT2D eigenvalue weighted by Crippen LogP contribution is -2.32. The van der Waals surface area contributed by atoms with Gasteiger partial charge < -0.3 is 5.32 Å². The van der Waals surface area contributed by atoms with Crippen molar-refractivity contribution < 1.29 is 9.18 Å². The van der Waals surface area contributed by atoms with Crippen LogP contribution in [0.4, 0.5) is 4.39 Å². The predicted octanol–water partition coefficient (Wildman–Crippen LogP) is 2.48. The molecular formula is C15H13FN2O. The molecule has 0 aliphatic carbocycles. The normalized spacial score (nSPS) is 13.9. The average molecular weight is 256 g/mol. The Morgan fingerprint density at radius 3 is 2.84 bits per heavy atom. The molecule has 0 saturated carbocycles. The van der Waals surface area contributed by atoms with Crippen molar-refractivity contribution in [2.45, 2.75) is 13.3 Å². The smallest absolute Gasteiger partial charge is 0.251 e. The van der Waals surface area contributed by atoms with Gasteiger partial charge in [-0.05, 0) is 42.2 Å². The van der Waals surface area contributed by atoms with E-state index in [2.05, 4.69) is 10.3 Å². The van der Waals surface area contributed by atoms with Crippen molar-refractivity contribution in [1.29, 1.82) is 0 Å². The molecule has 4 heteroatoms. The van der Waals surface area contributed by atoms with Crippen molar-refractivity contribution in [1.82, 2.24) is 10.3 Å². The number of hydrogen-bond acceptors (Lipinski definition) is 2. The van der Waals surface area contributed by atoms with Crippen LogP contribution in [-0.2, 0) is 6.42 Å². The number of fused-ring (bicyclic) bond motifs is 1. The third-order valence-corrected chi connectivity index (χ3v) is 3.52. The van der Waals surface area contributed by atoms with Crippen molar-refractivity contribution in [3.8, 4) is 11.1 Å². The molecule has 2 heterocycles. The van der Waals surface area contributed by atoms with Crippen molar-refractivity contribution in [3.63, 3.8) is 0 Å². The summed E-state index contributed by atoms with van der Waals surface area (Å²) >= 11 is 0. The number of pyridine rings is 1. The summed E-state index contributed by atoms with van der Waals surface area (Å²) in [7, 11) is 0. The molecule has 1 aromatic heterocycles. The molecular weight excluding hydrogens is 243 g/mol. The molecule has 0 radical (unpaired) electrons. The van der Waals surface area contributed by atoms with Gasteiger partial charge in [0.1, 0.15) is 5.82 Å². The van der Waals surface area contributed by atoms with E-state index in [9.17, 15) is 9.18 Å². The third-order valence-electron chi connectivity index (χ3n) is 3.52. The maximum Gasteiger partial charge on any atom is 0.251 e. The molecule has 0 atom stereocenters. The molecule has 0 fully saturated rings. The Bertz CT molecular complexity index is 667. The second-order valence-corrected chi connectivity index (χ2v) is 4.66. The summed E-state index contributed by atoms with van der Waals surface area (Å²) in [6, 6.07) is 5.12. The van der Waals surface area contributed by atoms with Crippen molar-refractivity contribution >= 4 is 5.91 Å². The fourth-order valence-electron chi connectivity index (χ4n) is 2.56. The van der Waals surface area contributed by atoms with Gasteiger partial charge in [0.25, 0.3) is 5.91 Å². The Balaban J connectivity index is 2.17. The second kappa shape index (κ2) is 4.46. The van der Waals surface area contributed by atoms with E-state index < -0.39 is 0 Å². The summed E-state index contributed by atoms with van der Waals surface area (Å²) in [6.45, 7) is 2.62. The number of rotatable bonds is 1. The number of halogens is 1. The van der Waals surface area contributed by atoms with Gasteiger partial charge in [-0.2, -0.15) is 0 Å². The number of carbonyl (C=O) groups excluding carboxylic acids is 1. The van der Waals surface area contributed by atoms with Gasteiger partial charge in [-0.1, -0.05) is 6.07 Å². The molecule has 0 saturated heterocycles. The topological polar surface area (TPSA) is 42.0 Å². The Morgan fingerprint density at radius 2 is 2.05 bits per heavy atom. The molecule has 1 amide bonds. The number of aromatic nitrogens is 1. The van der Waals surface area contributed by atoms with E-state index in [4.69, 9.17) is 0 Å². The van der Waals surface area contributed by atoms with Gasteiger partial charge in [0.2, 0.25) is 0 Å². The van der Waals surface area contributed by atoms with Crippen LogP contribution >= 0.6 is 0 Å². The third kappa shape index (κ3) is 1.99. The van der Waals surface area contributed by atoms with Crippen molar-refractivity contribution in [2.75, 3.05) is 6.54 Å². The van der Waals surface area contributed by atoms with Crippen LogP contribution in [0.25, 0.3) is 11.1 Å². The average Bonchev–Trinajstić information content (AvgIpc) is 2.40. The van der Waals surface area contributed by atoms with Crippen LogP contribution in [0.5, 0.6) is 0 Å². The zero-order chi connectivity index (χ0) is 13.4. The van der Waals surface area contributed by atoms with Gasteiger partial charge in [0.15, 0.2) is 0 Å². The van der Waals surface area contributed by atoms with E-state index in [0.717, 1.165) is 34.2 Å². The van der Waals surface area contributed by atoms with E-state index in [0.29, 0.717) is 6.54 Å². The molecule has 0 unspecified atom stereocenters. The molecule has 1 N–H and O–H groups in total. The zero-order valence-corrected chi connectivity index (χ0v) is 10.5. The molecule has 96 valence electrons. The monoisotopic (exact) mass is 256 g/mol. The van der Waals surface area contributed by atoms with E-state index >= 15 is 0 Å². The fourth-order valence-corrected chi connectivity index (χ4v) is 2.56. The lowest BCUT2D eigenvalue weighted by Gasteiger charge is -2.20. The lowest BCUT2D eigenvalue weighted by atomic mass is 9.90. The van der Waals surface area contributed by atoms with Crippen molar-refractivity contribution in [3.05, 3.63) is 53.1 Å². The predicted molar refractivity (Wildman–Crippen MR) is 70.4 cm³/mol. The number of carbonyl (C=O) groups is 1. The summed E-state index contributed by atoms with van der Waals surface area (Å²) in [5, 5.41) is 2.82. The Morgan fingerprint density at radius 1 is 1.26 bits per heavy atom. The highest BCUT2D eigenvalue weighted by molar-refractivity contribution is 5.98. The molecule has 1 aliphatic rings. The Labute approximate surface area is 110 Å². The first-order chi connectivity index (χ1) is 9.16. The van der Waals surface area contributed by atoms with Gasteiger partial charge in [-0.25, -0.2) is 4.39 Å². The lowest BCUT2D eigenvalue weighted by molar-refractivity contribution is 0.0946. The molecule has 0 spiro atoms. The van der Waals surface area contributed by atoms with Crippen molar-refractivity contribution in [2.24, 2.45) is 0 Å². The van der Waals surface area contributed by atoms with Crippen LogP contribution in [0.1, 0.15) is 21.5 Å². The maximum absolute atomic E-state index is 13.3. The summed E-state index contributed by atoms with van der Waals surface area (Å²) in [6.07, 6.45) is 3.63. The SMILES string of the molecule is Cc1c(-c2cncc(F)c2)ccc2c1CCNC2=O. The van der Waals surface area contributed by atoms with E-state index in [1.54, 1.807) is 12.3 Å². The van der Waals surface area contributed by atoms with Crippen LogP contribution in [0, 0.1) is 12.7 Å². The molecule has 1 aliphatic heterocycles. The Hall–Kier alpha value is -2.23. The molecule has 0 bridgehead atoms. The van der Waals surface area contributed by atoms with Crippen LogP contribution in [-0.4, -0.2) is 17.4 Å².